The molecule has 0 aliphatic heterocycles. The zero-order valence-corrected chi connectivity index (χ0v) is 9.21. The first-order valence-corrected chi connectivity index (χ1v) is 4.87. The molecule has 2 N–H and O–H groups in total. The average molecular weight is 275 g/mol. The van der Waals surface area contributed by atoms with E-state index < -0.39 is 0 Å². The van der Waals surface area contributed by atoms with Crippen molar-refractivity contribution < 1.29 is 4.52 Å². The van der Waals surface area contributed by atoms with Gasteiger partial charge in [-0.25, -0.2) is 4.98 Å². The number of nitrogens with two attached hydrogens (primary N) is 1. The number of aromatic nitrogens is 2. The molecule has 0 amide bonds. The monoisotopic (exact) mass is 273 g/mol. The molecule has 2 aromatic rings. The standard InChI is InChI=1S/C8H5BrClN3O/c9-5-3-12-7(10)1-4(5)6-2-8(11)13-14-6/h1-3H,(H2,11,13). The third-order valence-corrected chi connectivity index (χ3v) is 2.45. The minimum absolute atomic E-state index is 0.333. The maximum Gasteiger partial charge on any atom is 0.170 e. The van der Waals surface area contributed by atoms with E-state index in [0.717, 1.165) is 10.0 Å². The molecule has 2 heterocycles. The molecule has 0 atom stereocenters. The molecule has 0 radical (unpaired) electrons. The Morgan fingerprint density at radius 2 is 2.21 bits per heavy atom. The Labute approximate surface area is 93.2 Å². The van der Waals surface area contributed by atoms with Crippen molar-refractivity contribution in [3.05, 3.63) is 28.0 Å². The molecule has 2 rings (SSSR count). The summed E-state index contributed by atoms with van der Waals surface area (Å²) in [5, 5.41) is 3.97. The molecule has 0 fully saturated rings. The molecule has 72 valence electrons. The Morgan fingerprint density at radius 1 is 1.43 bits per heavy atom. The van der Waals surface area contributed by atoms with Gasteiger partial charge in [-0.1, -0.05) is 16.8 Å². The maximum atomic E-state index is 5.75. The van der Waals surface area contributed by atoms with Crippen LogP contribution in [0.25, 0.3) is 11.3 Å². The van der Waals surface area contributed by atoms with Crippen LogP contribution in [0.15, 0.2) is 27.3 Å². The number of hydrogen-bond donors (Lipinski definition) is 1. The molecule has 0 aliphatic carbocycles. The zero-order chi connectivity index (χ0) is 10.1. The number of anilines is 1. The number of hydrogen-bond acceptors (Lipinski definition) is 4. The van der Waals surface area contributed by atoms with Crippen molar-refractivity contribution in [2.75, 3.05) is 5.73 Å². The highest BCUT2D eigenvalue weighted by Gasteiger charge is 2.09. The molecule has 0 saturated carbocycles. The van der Waals surface area contributed by atoms with E-state index in [-0.39, 0.29) is 0 Å². The predicted molar refractivity (Wildman–Crippen MR) is 56.9 cm³/mol. The summed E-state index contributed by atoms with van der Waals surface area (Å²) in [6.45, 7) is 0. The van der Waals surface area contributed by atoms with Crippen molar-refractivity contribution in [2.24, 2.45) is 0 Å². The fourth-order valence-electron chi connectivity index (χ4n) is 1.02. The van der Waals surface area contributed by atoms with E-state index in [9.17, 15) is 0 Å². The van der Waals surface area contributed by atoms with Crippen LogP contribution in [-0.2, 0) is 0 Å². The van der Waals surface area contributed by atoms with Crippen molar-refractivity contribution in [1.29, 1.82) is 0 Å². The van der Waals surface area contributed by atoms with Gasteiger partial charge in [-0.2, -0.15) is 0 Å². The van der Waals surface area contributed by atoms with Gasteiger partial charge in [0.2, 0.25) is 0 Å². The highest BCUT2D eigenvalue weighted by molar-refractivity contribution is 9.10. The van der Waals surface area contributed by atoms with E-state index in [1.54, 1.807) is 18.3 Å². The molecular formula is C8H5BrClN3O. The zero-order valence-electron chi connectivity index (χ0n) is 6.87. The van der Waals surface area contributed by atoms with Gasteiger partial charge in [0.25, 0.3) is 0 Å². The number of halogens is 2. The Hall–Kier alpha value is -1.07. The normalized spacial score (nSPS) is 10.4. The SMILES string of the molecule is Nc1cc(-c2cc(Cl)ncc2Br)on1. The third-order valence-electron chi connectivity index (χ3n) is 1.62. The number of nitrogen functional groups attached to an aromatic ring is 1. The first-order chi connectivity index (χ1) is 6.66. The highest BCUT2D eigenvalue weighted by atomic mass is 79.9. The summed E-state index contributed by atoms with van der Waals surface area (Å²) in [5.74, 6) is 0.888. The molecule has 0 unspecified atom stereocenters. The largest absolute Gasteiger partial charge is 0.381 e. The third kappa shape index (κ3) is 1.73. The summed E-state index contributed by atoms with van der Waals surface area (Å²) in [6.07, 6.45) is 1.59. The smallest absolute Gasteiger partial charge is 0.170 e. The van der Waals surface area contributed by atoms with Gasteiger partial charge in [-0.3, -0.25) is 0 Å². The second-order valence-corrected chi connectivity index (χ2v) is 3.84. The Morgan fingerprint density at radius 3 is 2.86 bits per heavy atom. The van der Waals surface area contributed by atoms with Gasteiger partial charge < -0.3 is 10.3 Å². The first-order valence-electron chi connectivity index (χ1n) is 3.70. The lowest BCUT2D eigenvalue weighted by molar-refractivity contribution is 0.435. The van der Waals surface area contributed by atoms with Gasteiger partial charge >= 0.3 is 0 Å². The van der Waals surface area contributed by atoms with Crippen LogP contribution in [0.3, 0.4) is 0 Å². The Kier molecular flexibility index (Phi) is 2.43. The van der Waals surface area contributed by atoms with Gasteiger partial charge in [0.1, 0.15) is 5.15 Å². The lowest BCUT2D eigenvalue weighted by atomic mass is 10.2. The van der Waals surface area contributed by atoms with E-state index in [1.807, 2.05) is 0 Å². The van der Waals surface area contributed by atoms with E-state index >= 15 is 0 Å². The van der Waals surface area contributed by atoms with Gasteiger partial charge in [0.15, 0.2) is 11.6 Å². The Balaban J connectivity index is 2.55. The first kappa shape index (κ1) is 9.48. The quantitative estimate of drug-likeness (QED) is 0.812. The van der Waals surface area contributed by atoms with Crippen LogP contribution in [-0.4, -0.2) is 10.1 Å². The van der Waals surface area contributed by atoms with E-state index in [0.29, 0.717) is 16.7 Å². The predicted octanol–water partition coefficient (Wildman–Crippen LogP) is 2.73. The van der Waals surface area contributed by atoms with Crippen molar-refractivity contribution >= 4 is 33.3 Å². The molecule has 0 spiro atoms. The molecule has 0 aliphatic rings. The fourth-order valence-corrected chi connectivity index (χ4v) is 1.59. The highest BCUT2D eigenvalue weighted by Crippen LogP contribution is 2.30. The molecule has 0 aromatic carbocycles. The van der Waals surface area contributed by atoms with Crippen molar-refractivity contribution in [3.63, 3.8) is 0 Å². The van der Waals surface area contributed by atoms with Crippen LogP contribution in [0.1, 0.15) is 0 Å². The fraction of sp³-hybridized carbons (Fsp3) is 0. The van der Waals surface area contributed by atoms with Crippen LogP contribution in [0.4, 0.5) is 5.82 Å². The van der Waals surface area contributed by atoms with E-state index in [2.05, 4.69) is 26.1 Å². The molecule has 4 nitrogen and oxygen atoms in total. The lowest BCUT2D eigenvalue weighted by Gasteiger charge is -1.98. The molecule has 0 bridgehead atoms. The maximum absolute atomic E-state index is 5.75. The molecule has 6 heteroatoms. The van der Waals surface area contributed by atoms with E-state index in [1.165, 1.54) is 0 Å². The van der Waals surface area contributed by atoms with Gasteiger partial charge in [-0.15, -0.1) is 0 Å². The topological polar surface area (TPSA) is 64.9 Å². The Bertz CT molecular complexity index is 471. The minimum atomic E-state index is 0.333. The second kappa shape index (κ2) is 3.59. The number of rotatable bonds is 1. The van der Waals surface area contributed by atoms with Gasteiger partial charge in [-0.05, 0) is 22.0 Å². The lowest BCUT2D eigenvalue weighted by Crippen LogP contribution is -1.81. The van der Waals surface area contributed by atoms with Crippen molar-refractivity contribution in [3.8, 4) is 11.3 Å². The van der Waals surface area contributed by atoms with Crippen LogP contribution >= 0.6 is 27.5 Å². The number of pyridine rings is 1. The van der Waals surface area contributed by atoms with Crippen molar-refractivity contribution in [2.45, 2.75) is 0 Å². The van der Waals surface area contributed by atoms with Crippen LogP contribution in [0.2, 0.25) is 5.15 Å². The van der Waals surface area contributed by atoms with Gasteiger partial charge in [0.05, 0.1) is 0 Å². The summed E-state index contributed by atoms with van der Waals surface area (Å²) in [4.78, 5) is 3.90. The van der Waals surface area contributed by atoms with Crippen LogP contribution < -0.4 is 5.73 Å². The van der Waals surface area contributed by atoms with Crippen LogP contribution in [0, 0.1) is 0 Å². The molecule has 14 heavy (non-hydrogen) atoms. The molecule has 0 saturated heterocycles. The molecule has 2 aromatic heterocycles. The summed E-state index contributed by atoms with van der Waals surface area (Å²) in [5.41, 5.74) is 6.21. The summed E-state index contributed by atoms with van der Waals surface area (Å²) in [7, 11) is 0. The molecular weight excluding hydrogens is 269 g/mol. The van der Waals surface area contributed by atoms with Crippen LogP contribution in [0.5, 0.6) is 0 Å². The second-order valence-electron chi connectivity index (χ2n) is 2.60. The van der Waals surface area contributed by atoms with Gasteiger partial charge in [0, 0.05) is 22.3 Å². The summed E-state index contributed by atoms with van der Waals surface area (Å²) < 4.78 is 5.77. The summed E-state index contributed by atoms with van der Waals surface area (Å²) >= 11 is 9.07. The number of nitrogens with zero attached hydrogens (tertiary/aromatic N) is 2. The average Bonchev–Trinajstić information content (AvgIpc) is 2.56. The minimum Gasteiger partial charge on any atom is -0.381 e. The van der Waals surface area contributed by atoms with Crippen molar-refractivity contribution in [1.82, 2.24) is 10.1 Å². The summed E-state index contributed by atoms with van der Waals surface area (Å²) in [6, 6.07) is 3.29. The van der Waals surface area contributed by atoms with E-state index in [4.69, 9.17) is 21.9 Å².